The van der Waals surface area contributed by atoms with Crippen LogP contribution in [-0.2, 0) is 15.9 Å². The summed E-state index contributed by atoms with van der Waals surface area (Å²) in [6.45, 7) is 5.04. The van der Waals surface area contributed by atoms with Crippen molar-refractivity contribution >= 4 is 0 Å². The fraction of sp³-hybridized carbons (Fsp3) is 0.533. The van der Waals surface area contributed by atoms with Crippen molar-refractivity contribution in [2.24, 2.45) is 5.92 Å². The Morgan fingerprint density at radius 1 is 0.778 bits per heavy atom. The van der Waals surface area contributed by atoms with Crippen LogP contribution in [0.3, 0.4) is 0 Å². The maximum Gasteiger partial charge on any atom is 0.167 e. The van der Waals surface area contributed by atoms with Crippen molar-refractivity contribution in [3.05, 3.63) is 70.8 Å². The minimum absolute atomic E-state index is 0.00810. The first kappa shape index (κ1) is 26.9. The topological polar surface area (TPSA) is 18.5 Å². The Kier molecular flexibility index (Phi) is 9.24. The van der Waals surface area contributed by atoms with Crippen LogP contribution in [0.5, 0.6) is 0 Å². The summed E-state index contributed by atoms with van der Waals surface area (Å²) in [5.41, 5.74) is -0.0996. The summed E-state index contributed by atoms with van der Waals surface area (Å²) in [4.78, 5) is 0. The van der Waals surface area contributed by atoms with Crippen molar-refractivity contribution in [3.63, 3.8) is 0 Å². The van der Waals surface area contributed by atoms with Gasteiger partial charge in [-0.25, -0.2) is 17.6 Å². The molecule has 2 aromatic carbocycles. The number of allylic oxidation sites excluding steroid dienone is 1. The van der Waals surface area contributed by atoms with Crippen LogP contribution in [0.1, 0.15) is 75.8 Å². The van der Waals surface area contributed by atoms with E-state index in [1.165, 1.54) is 24.3 Å². The molecule has 2 saturated heterocycles. The molecule has 0 spiro atoms. The van der Waals surface area contributed by atoms with Gasteiger partial charge in [0.15, 0.2) is 23.3 Å². The summed E-state index contributed by atoms with van der Waals surface area (Å²) in [5, 5.41) is 0. The van der Waals surface area contributed by atoms with E-state index in [-0.39, 0.29) is 40.4 Å². The average molecular weight is 505 g/mol. The second kappa shape index (κ2) is 12.4. The number of benzene rings is 2. The highest BCUT2D eigenvalue weighted by Crippen LogP contribution is 2.36. The highest BCUT2D eigenvalue weighted by molar-refractivity contribution is 5.66. The van der Waals surface area contributed by atoms with E-state index in [9.17, 15) is 4.39 Å². The summed E-state index contributed by atoms with van der Waals surface area (Å²) in [5.74, 6) is -4.17. The molecule has 2 nitrogen and oxygen atoms in total. The van der Waals surface area contributed by atoms with Crippen LogP contribution >= 0.6 is 0 Å². The van der Waals surface area contributed by atoms with Gasteiger partial charge in [0, 0.05) is 23.0 Å². The molecule has 0 N–H and O–H groups in total. The van der Waals surface area contributed by atoms with Crippen LogP contribution in [0, 0.1) is 29.2 Å². The zero-order chi connectivity index (χ0) is 25.7. The van der Waals surface area contributed by atoms with Crippen LogP contribution in [0.2, 0.25) is 0 Å². The predicted octanol–water partition coefficient (Wildman–Crippen LogP) is 8.28. The third kappa shape index (κ3) is 6.03. The first-order valence-electron chi connectivity index (χ1n) is 13.2. The Morgan fingerprint density at radius 3 is 2.08 bits per heavy atom. The van der Waals surface area contributed by atoms with Crippen LogP contribution in [0.4, 0.5) is 17.6 Å². The van der Waals surface area contributed by atoms with Crippen LogP contribution < -0.4 is 0 Å². The zero-order valence-electron chi connectivity index (χ0n) is 21.2. The molecule has 0 radical (unpaired) electrons. The first-order valence-corrected chi connectivity index (χ1v) is 13.2. The Hall–Kier alpha value is -2.18. The van der Waals surface area contributed by atoms with Gasteiger partial charge < -0.3 is 9.47 Å². The molecular weight excluding hydrogens is 468 g/mol. The molecule has 0 bridgehead atoms. The van der Waals surface area contributed by atoms with Gasteiger partial charge in [0.1, 0.15) is 0 Å². The lowest BCUT2D eigenvalue weighted by Gasteiger charge is -2.29. The molecule has 36 heavy (non-hydrogen) atoms. The van der Waals surface area contributed by atoms with E-state index in [4.69, 9.17) is 9.47 Å². The van der Waals surface area contributed by atoms with Crippen LogP contribution in [0.15, 0.2) is 36.4 Å². The van der Waals surface area contributed by atoms with Crippen LogP contribution in [0.25, 0.3) is 11.1 Å². The lowest BCUT2D eigenvalue weighted by Crippen LogP contribution is -2.25. The average Bonchev–Trinajstić information content (AvgIpc) is 2.89. The first-order chi connectivity index (χ1) is 17.4. The maximum atomic E-state index is 15.1. The second-order valence-corrected chi connectivity index (χ2v) is 10.1. The Labute approximate surface area is 211 Å². The zero-order valence-corrected chi connectivity index (χ0v) is 21.2. The van der Waals surface area contributed by atoms with Gasteiger partial charge in [0.2, 0.25) is 0 Å². The summed E-state index contributed by atoms with van der Waals surface area (Å²) in [6.07, 6.45) is 10.6. The fourth-order valence-electron chi connectivity index (χ4n) is 5.47. The maximum absolute atomic E-state index is 15.1. The van der Waals surface area contributed by atoms with Gasteiger partial charge in [-0.05, 0) is 63.0 Å². The van der Waals surface area contributed by atoms with E-state index in [1.807, 2.05) is 13.0 Å². The van der Waals surface area contributed by atoms with Gasteiger partial charge in [-0.3, -0.25) is 0 Å². The van der Waals surface area contributed by atoms with Crippen molar-refractivity contribution in [1.29, 1.82) is 0 Å². The molecule has 0 saturated carbocycles. The summed E-state index contributed by atoms with van der Waals surface area (Å²) in [7, 11) is 0. The monoisotopic (exact) mass is 504 g/mol. The van der Waals surface area contributed by atoms with Gasteiger partial charge >= 0.3 is 0 Å². The molecular formula is C30H36F4O2. The third-order valence-corrected chi connectivity index (χ3v) is 7.59. The normalized spacial score (nSPS) is 24.9. The molecule has 2 aliphatic heterocycles. The van der Waals surface area contributed by atoms with Crippen molar-refractivity contribution in [2.45, 2.75) is 83.3 Å². The Balaban J connectivity index is 1.44. The number of aryl methyl sites for hydroxylation is 1. The van der Waals surface area contributed by atoms with Gasteiger partial charge in [-0.15, -0.1) is 0 Å². The standard InChI is InChI=1S/C30H36F4O2/c1-3-5-19-7-11-23(35-17-19)12-8-20-10-14-25(29(33)27(20)31)26-16-15-24(28(32)30(26)34)21-9-13-22(6-4-2)36-18-21/h3,5,10,14-16,19,21-23H,4,6-9,11-13,17-18H2,1-2H3. The van der Waals surface area contributed by atoms with Gasteiger partial charge in [-0.2, -0.15) is 0 Å². The minimum atomic E-state index is -1.15. The number of halogens is 4. The Morgan fingerprint density at radius 2 is 1.44 bits per heavy atom. The quantitative estimate of drug-likeness (QED) is 0.266. The van der Waals surface area contributed by atoms with Gasteiger partial charge in [0.25, 0.3) is 0 Å². The highest BCUT2D eigenvalue weighted by atomic mass is 19.2. The fourth-order valence-corrected chi connectivity index (χ4v) is 5.47. The van der Waals surface area contributed by atoms with E-state index in [2.05, 4.69) is 13.0 Å². The second-order valence-electron chi connectivity index (χ2n) is 10.1. The number of ether oxygens (including phenoxy) is 2. The minimum Gasteiger partial charge on any atom is -0.378 e. The van der Waals surface area contributed by atoms with E-state index in [0.717, 1.165) is 32.1 Å². The lowest BCUT2D eigenvalue weighted by molar-refractivity contribution is -0.00800. The molecule has 0 amide bonds. The molecule has 0 aromatic heterocycles. The molecule has 196 valence electrons. The number of hydrogen-bond acceptors (Lipinski definition) is 2. The van der Waals surface area contributed by atoms with Gasteiger partial charge in [-0.1, -0.05) is 49.8 Å². The highest BCUT2D eigenvalue weighted by Gasteiger charge is 2.28. The number of hydrogen-bond donors (Lipinski definition) is 0. The molecule has 4 unspecified atom stereocenters. The summed E-state index contributed by atoms with van der Waals surface area (Å²) in [6, 6.07) is 5.64. The van der Waals surface area contributed by atoms with E-state index in [1.54, 1.807) is 0 Å². The molecule has 2 heterocycles. The van der Waals surface area contributed by atoms with Crippen molar-refractivity contribution in [1.82, 2.24) is 0 Å². The molecule has 2 fully saturated rings. The summed E-state index contributed by atoms with van der Waals surface area (Å²) >= 11 is 0. The molecule has 4 atom stereocenters. The van der Waals surface area contributed by atoms with Crippen molar-refractivity contribution in [3.8, 4) is 11.1 Å². The lowest BCUT2D eigenvalue weighted by atomic mass is 9.88. The smallest absolute Gasteiger partial charge is 0.167 e. The van der Waals surface area contributed by atoms with Crippen molar-refractivity contribution < 1.29 is 27.0 Å². The SMILES string of the molecule is CC=CC1CCC(CCc2ccc(-c3ccc(C4CCC(CCC)OC4)c(F)c3F)c(F)c2F)OC1. The number of rotatable bonds is 8. The summed E-state index contributed by atoms with van der Waals surface area (Å²) < 4.78 is 71.7. The van der Waals surface area contributed by atoms with E-state index >= 15 is 13.2 Å². The van der Waals surface area contributed by atoms with E-state index in [0.29, 0.717) is 38.4 Å². The third-order valence-electron chi connectivity index (χ3n) is 7.59. The van der Waals surface area contributed by atoms with Crippen LogP contribution in [-0.4, -0.2) is 25.4 Å². The van der Waals surface area contributed by atoms with Gasteiger partial charge in [0.05, 0.1) is 25.4 Å². The molecule has 0 aliphatic carbocycles. The van der Waals surface area contributed by atoms with Crippen molar-refractivity contribution in [2.75, 3.05) is 13.2 Å². The molecule has 2 aromatic rings. The predicted molar refractivity (Wildman–Crippen MR) is 134 cm³/mol. The molecule has 2 aliphatic rings. The Bertz CT molecular complexity index is 1050. The molecule has 4 rings (SSSR count). The molecule has 6 heteroatoms. The largest absolute Gasteiger partial charge is 0.378 e. The van der Waals surface area contributed by atoms with E-state index < -0.39 is 23.3 Å².